The Balaban J connectivity index is 2.19. The van der Waals surface area contributed by atoms with Crippen LogP contribution in [0.5, 0.6) is 0 Å². The molecule has 0 N–H and O–H groups in total. The molecule has 0 bridgehead atoms. The summed E-state index contributed by atoms with van der Waals surface area (Å²) in [6.45, 7) is 0. The standard InChI is InChI=1S/C12H7BrF2OS/c13-8-3-11(17-6-8)5-12(16)7-1-9(14)4-10(15)2-7/h1-4,6H,5H2. The molecule has 2 rings (SSSR count). The Morgan fingerprint density at radius 2 is 1.82 bits per heavy atom. The number of rotatable bonds is 3. The van der Waals surface area contributed by atoms with Gasteiger partial charge in [-0.1, -0.05) is 0 Å². The molecule has 0 radical (unpaired) electrons. The average Bonchev–Trinajstić information content (AvgIpc) is 2.62. The molecule has 0 atom stereocenters. The smallest absolute Gasteiger partial charge is 0.168 e. The Hall–Kier alpha value is -1.07. The monoisotopic (exact) mass is 316 g/mol. The van der Waals surface area contributed by atoms with Crippen LogP contribution in [0.15, 0.2) is 34.1 Å². The molecule has 1 heterocycles. The fourth-order valence-electron chi connectivity index (χ4n) is 1.42. The molecule has 88 valence electrons. The molecule has 0 aliphatic heterocycles. The van der Waals surface area contributed by atoms with E-state index in [1.165, 1.54) is 11.3 Å². The molecule has 0 spiro atoms. The molecule has 1 nitrogen and oxygen atoms in total. The van der Waals surface area contributed by atoms with Crippen LogP contribution in [0, 0.1) is 11.6 Å². The zero-order chi connectivity index (χ0) is 12.4. The van der Waals surface area contributed by atoms with Crippen LogP contribution >= 0.6 is 27.3 Å². The summed E-state index contributed by atoms with van der Waals surface area (Å²) in [6.07, 6.45) is 0.152. The second kappa shape index (κ2) is 5.06. The third-order valence-corrected chi connectivity index (χ3v) is 3.84. The molecule has 1 aromatic heterocycles. The lowest BCUT2D eigenvalue weighted by molar-refractivity contribution is 0.0993. The number of carbonyl (C=O) groups is 1. The van der Waals surface area contributed by atoms with Crippen LogP contribution in [-0.4, -0.2) is 5.78 Å². The SMILES string of the molecule is O=C(Cc1cc(Br)cs1)c1cc(F)cc(F)c1. The van der Waals surface area contributed by atoms with Crippen molar-refractivity contribution in [2.24, 2.45) is 0 Å². The van der Waals surface area contributed by atoms with Gasteiger partial charge >= 0.3 is 0 Å². The van der Waals surface area contributed by atoms with Crippen LogP contribution in [0.25, 0.3) is 0 Å². The summed E-state index contributed by atoms with van der Waals surface area (Å²) in [5.74, 6) is -1.76. The lowest BCUT2D eigenvalue weighted by Gasteiger charge is -2.00. The van der Waals surface area contributed by atoms with E-state index in [-0.39, 0.29) is 17.8 Å². The van der Waals surface area contributed by atoms with Crippen molar-refractivity contribution in [3.05, 3.63) is 56.2 Å². The van der Waals surface area contributed by atoms with Gasteiger partial charge in [-0.15, -0.1) is 11.3 Å². The molecular weight excluding hydrogens is 310 g/mol. The molecule has 0 unspecified atom stereocenters. The van der Waals surface area contributed by atoms with Crippen molar-refractivity contribution in [1.82, 2.24) is 0 Å². The first-order chi connectivity index (χ1) is 8.04. The molecule has 0 aliphatic rings. The van der Waals surface area contributed by atoms with Crippen molar-refractivity contribution in [3.8, 4) is 0 Å². The number of thiophene rings is 1. The van der Waals surface area contributed by atoms with Gasteiger partial charge in [0.25, 0.3) is 0 Å². The maximum atomic E-state index is 12.9. The van der Waals surface area contributed by atoms with E-state index in [0.29, 0.717) is 0 Å². The fourth-order valence-corrected chi connectivity index (χ4v) is 2.87. The zero-order valence-electron chi connectivity index (χ0n) is 8.54. The third kappa shape index (κ3) is 3.20. The lowest BCUT2D eigenvalue weighted by Crippen LogP contribution is -2.03. The van der Waals surface area contributed by atoms with Crippen molar-refractivity contribution >= 4 is 33.0 Å². The molecule has 0 amide bonds. The van der Waals surface area contributed by atoms with Crippen LogP contribution in [0.4, 0.5) is 8.78 Å². The highest BCUT2D eigenvalue weighted by Gasteiger charge is 2.11. The van der Waals surface area contributed by atoms with Gasteiger partial charge in [0.15, 0.2) is 5.78 Å². The second-order valence-electron chi connectivity index (χ2n) is 3.49. The number of carbonyl (C=O) groups excluding carboxylic acids is 1. The minimum Gasteiger partial charge on any atom is -0.294 e. The van der Waals surface area contributed by atoms with Gasteiger partial charge in [-0.25, -0.2) is 8.78 Å². The van der Waals surface area contributed by atoms with Crippen LogP contribution in [0.2, 0.25) is 0 Å². The average molecular weight is 317 g/mol. The van der Waals surface area contributed by atoms with Crippen molar-refractivity contribution in [2.75, 3.05) is 0 Å². The summed E-state index contributed by atoms with van der Waals surface area (Å²) < 4.78 is 26.8. The van der Waals surface area contributed by atoms with E-state index in [1.54, 1.807) is 0 Å². The summed E-state index contributed by atoms with van der Waals surface area (Å²) in [6, 6.07) is 4.67. The van der Waals surface area contributed by atoms with Gasteiger partial charge in [-0.05, 0) is 34.1 Å². The molecular formula is C12H7BrF2OS. The molecule has 0 saturated carbocycles. The summed E-state index contributed by atoms with van der Waals surface area (Å²) in [7, 11) is 0. The Morgan fingerprint density at radius 1 is 1.18 bits per heavy atom. The fraction of sp³-hybridized carbons (Fsp3) is 0.0833. The summed E-state index contributed by atoms with van der Waals surface area (Å²) in [5, 5.41) is 1.86. The highest BCUT2D eigenvalue weighted by Crippen LogP contribution is 2.21. The zero-order valence-corrected chi connectivity index (χ0v) is 10.9. The Bertz CT molecular complexity index is 545. The molecule has 1 aromatic carbocycles. The van der Waals surface area contributed by atoms with Crippen molar-refractivity contribution in [2.45, 2.75) is 6.42 Å². The normalized spacial score (nSPS) is 10.5. The molecule has 17 heavy (non-hydrogen) atoms. The second-order valence-corrected chi connectivity index (χ2v) is 5.40. The first-order valence-corrected chi connectivity index (χ1v) is 6.44. The Labute approximate surface area is 109 Å². The quantitative estimate of drug-likeness (QED) is 0.775. The van der Waals surface area contributed by atoms with Crippen LogP contribution < -0.4 is 0 Å². The molecule has 2 aromatic rings. The minimum atomic E-state index is -0.735. The highest BCUT2D eigenvalue weighted by atomic mass is 79.9. The largest absolute Gasteiger partial charge is 0.294 e. The number of benzene rings is 1. The topological polar surface area (TPSA) is 17.1 Å². The first kappa shape index (κ1) is 12.4. The predicted molar refractivity (Wildman–Crippen MR) is 66.4 cm³/mol. The Kier molecular flexibility index (Phi) is 3.69. The van der Waals surface area contributed by atoms with E-state index in [1.807, 2.05) is 11.4 Å². The van der Waals surface area contributed by atoms with Crippen LogP contribution in [0.1, 0.15) is 15.2 Å². The van der Waals surface area contributed by atoms with Crippen molar-refractivity contribution in [3.63, 3.8) is 0 Å². The van der Waals surface area contributed by atoms with Crippen molar-refractivity contribution in [1.29, 1.82) is 0 Å². The highest BCUT2D eigenvalue weighted by molar-refractivity contribution is 9.10. The lowest BCUT2D eigenvalue weighted by atomic mass is 10.1. The predicted octanol–water partition coefficient (Wildman–Crippen LogP) is 4.21. The number of hydrogen-bond acceptors (Lipinski definition) is 2. The molecule has 5 heteroatoms. The number of halogens is 3. The summed E-state index contributed by atoms with van der Waals surface area (Å²) in [4.78, 5) is 12.6. The third-order valence-electron chi connectivity index (χ3n) is 2.14. The maximum Gasteiger partial charge on any atom is 0.168 e. The van der Waals surface area contributed by atoms with Gasteiger partial charge in [-0.2, -0.15) is 0 Å². The Morgan fingerprint density at radius 3 is 2.35 bits per heavy atom. The summed E-state index contributed by atoms with van der Waals surface area (Å²) in [5.41, 5.74) is 0.0621. The minimum absolute atomic E-state index is 0.0621. The molecule has 0 aliphatic carbocycles. The maximum absolute atomic E-state index is 12.9. The number of hydrogen-bond donors (Lipinski definition) is 0. The van der Waals surface area contributed by atoms with E-state index in [2.05, 4.69) is 15.9 Å². The van der Waals surface area contributed by atoms with Gasteiger partial charge in [0, 0.05) is 32.8 Å². The number of Topliss-reactive ketones (excluding diaryl/α,β-unsaturated/α-hetero) is 1. The van der Waals surface area contributed by atoms with Gasteiger partial charge in [0.05, 0.1) is 0 Å². The van der Waals surface area contributed by atoms with Crippen LogP contribution in [-0.2, 0) is 6.42 Å². The van der Waals surface area contributed by atoms with E-state index in [9.17, 15) is 13.6 Å². The van der Waals surface area contributed by atoms with Gasteiger partial charge < -0.3 is 0 Å². The first-order valence-electron chi connectivity index (χ1n) is 4.77. The summed E-state index contributed by atoms with van der Waals surface area (Å²) >= 11 is 4.71. The van der Waals surface area contributed by atoms with E-state index < -0.39 is 11.6 Å². The number of ketones is 1. The van der Waals surface area contributed by atoms with Gasteiger partial charge in [0.2, 0.25) is 0 Å². The van der Waals surface area contributed by atoms with Crippen LogP contribution in [0.3, 0.4) is 0 Å². The molecule has 0 saturated heterocycles. The van der Waals surface area contributed by atoms with E-state index in [0.717, 1.165) is 27.5 Å². The van der Waals surface area contributed by atoms with E-state index in [4.69, 9.17) is 0 Å². The molecule has 0 fully saturated rings. The van der Waals surface area contributed by atoms with Gasteiger partial charge in [0.1, 0.15) is 11.6 Å². The van der Waals surface area contributed by atoms with Crippen molar-refractivity contribution < 1.29 is 13.6 Å². The van der Waals surface area contributed by atoms with Gasteiger partial charge in [-0.3, -0.25) is 4.79 Å². The van der Waals surface area contributed by atoms with E-state index >= 15 is 0 Å².